The summed E-state index contributed by atoms with van der Waals surface area (Å²) >= 11 is 3.41. The monoisotopic (exact) mass is 346 g/mol. The average Bonchev–Trinajstić information content (AvgIpc) is 2.80. The van der Waals surface area contributed by atoms with E-state index in [2.05, 4.69) is 53.2 Å². The number of nitriles is 1. The van der Waals surface area contributed by atoms with Crippen molar-refractivity contribution >= 4 is 21.6 Å². The van der Waals surface area contributed by atoms with Gasteiger partial charge in [0.2, 0.25) is 0 Å². The Kier molecular flexibility index (Phi) is 4.38. The molecule has 1 heterocycles. The van der Waals surface area contributed by atoms with Crippen molar-refractivity contribution in [2.24, 2.45) is 7.05 Å². The van der Waals surface area contributed by atoms with Gasteiger partial charge in [-0.1, -0.05) is 36.7 Å². The molecule has 0 spiro atoms. The highest BCUT2D eigenvalue weighted by Crippen LogP contribution is 2.30. The van der Waals surface area contributed by atoms with Gasteiger partial charge in [-0.15, -0.1) is 0 Å². The zero-order valence-corrected chi connectivity index (χ0v) is 14.3. The second-order valence-corrected chi connectivity index (χ2v) is 6.99. The number of aromatic nitrogens is 2. The van der Waals surface area contributed by atoms with Gasteiger partial charge in [0.05, 0.1) is 11.8 Å². The minimum absolute atomic E-state index is 0.104. The van der Waals surface area contributed by atoms with Crippen molar-refractivity contribution in [1.82, 2.24) is 9.78 Å². The van der Waals surface area contributed by atoms with E-state index in [-0.39, 0.29) is 5.41 Å². The van der Waals surface area contributed by atoms with Crippen molar-refractivity contribution in [3.05, 3.63) is 46.2 Å². The standard InChI is InChI=1S/C16H19BrN4/c1-16(2,3)15-13(10-21(4)20-15)14(9-18)19-12-7-5-11(17)6-8-12/h5-8,10,14,19H,1-4H3. The highest BCUT2D eigenvalue weighted by atomic mass is 79.9. The van der Waals surface area contributed by atoms with Crippen molar-refractivity contribution in [3.63, 3.8) is 0 Å². The van der Waals surface area contributed by atoms with E-state index in [0.717, 1.165) is 21.4 Å². The van der Waals surface area contributed by atoms with E-state index in [9.17, 15) is 5.26 Å². The molecular formula is C16H19BrN4. The summed E-state index contributed by atoms with van der Waals surface area (Å²) in [6.45, 7) is 6.31. The normalized spacial score (nSPS) is 12.8. The Morgan fingerprint density at radius 1 is 1.29 bits per heavy atom. The zero-order valence-electron chi connectivity index (χ0n) is 12.7. The van der Waals surface area contributed by atoms with E-state index >= 15 is 0 Å². The highest BCUT2D eigenvalue weighted by Gasteiger charge is 2.26. The summed E-state index contributed by atoms with van der Waals surface area (Å²) in [4.78, 5) is 0. The first-order chi connectivity index (χ1) is 9.81. The lowest BCUT2D eigenvalue weighted by atomic mass is 9.87. The van der Waals surface area contributed by atoms with Gasteiger partial charge in [0.15, 0.2) is 0 Å². The van der Waals surface area contributed by atoms with Crippen LogP contribution in [0.5, 0.6) is 0 Å². The molecule has 5 heteroatoms. The molecule has 1 aromatic heterocycles. The second-order valence-electron chi connectivity index (χ2n) is 6.07. The lowest BCUT2D eigenvalue weighted by Gasteiger charge is -2.20. The van der Waals surface area contributed by atoms with Gasteiger partial charge in [0.25, 0.3) is 0 Å². The molecule has 1 unspecified atom stereocenters. The van der Waals surface area contributed by atoms with Crippen LogP contribution in [0.2, 0.25) is 0 Å². The van der Waals surface area contributed by atoms with Gasteiger partial charge in [-0.2, -0.15) is 10.4 Å². The molecule has 2 rings (SSSR count). The molecular weight excluding hydrogens is 328 g/mol. The molecule has 1 aromatic carbocycles. The molecule has 0 radical (unpaired) electrons. The molecule has 0 aliphatic carbocycles. The number of benzene rings is 1. The number of nitrogens with zero attached hydrogens (tertiary/aromatic N) is 3. The Morgan fingerprint density at radius 2 is 1.90 bits per heavy atom. The summed E-state index contributed by atoms with van der Waals surface area (Å²) in [7, 11) is 1.88. The van der Waals surface area contributed by atoms with Crippen LogP contribution in [0.25, 0.3) is 0 Å². The van der Waals surface area contributed by atoms with Crippen molar-refractivity contribution in [2.75, 3.05) is 5.32 Å². The lowest BCUT2D eigenvalue weighted by Crippen LogP contribution is -2.18. The number of hydrogen-bond acceptors (Lipinski definition) is 3. The molecule has 0 bridgehead atoms. The zero-order chi connectivity index (χ0) is 15.6. The SMILES string of the molecule is Cn1cc(C(C#N)Nc2ccc(Br)cc2)c(C(C)(C)C)n1. The number of aryl methyl sites for hydroxylation is 1. The topological polar surface area (TPSA) is 53.6 Å². The summed E-state index contributed by atoms with van der Waals surface area (Å²) in [6.07, 6.45) is 1.92. The number of hydrogen-bond donors (Lipinski definition) is 1. The summed E-state index contributed by atoms with van der Waals surface area (Å²) < 4.78 is 2.78. The van der Waals surface area contributed by atoms with Gasteiger partial charge in [-0.05, 0) is 24.3 Å². The van der Waals surface area contributed by atoms with Gasteiger partial charge in [0.1, 0.15) is 6.04 Å². The average molecular weight is 347 g/mol. The van der Waals surface area contributed by atoms with E-state index in [1.54, 1.807) is 4.68 Å². The first-order valence-corrected chi connectivity index (χ1v) is 7.56. The van der Waals surface area contributed by atoms with Crippen LogP contribution < -0.4 is 5.32 Å². The van der Waals surface area contributed by atoms with Crippen LogP contribution in [0, 0.1) is 11.3 Å². The van der Waals surface area contributed by atoms with Crippen LogP contribution in [0.1, 0.15) is 38.1 Å². The Bertz CT molecular complexity index is 659. The lowest BCUT2D eigenvalue weighted by molar-refractivity contribution is 0.547. The molecule has 0 saturated heterocycles. The maximum Gasteiger partial charge on any atom is 0.143 e. The quantitative estimate of drug-likeness (QED) is 0.907. The first kappa shape index (κ1) is 15.6. The number of halogens is 1. The maximum atomic E-state index is 9.54. The third-order valence-corrected chi connectivity index (χ3v) is 3.69. The Morgan fingerprint density at radius 3 is 2.43 bits per heavy atom. The van der Waals surface area contributed by atoms with E-state index in [1.807, 2.05) is 37.5 Å². The van der Waals surface area contributed by atoms with Crippen LogP contribution in [-0.2, 0) is 12.5 Å². The van der Waals surface area contributed by atoms with Gasteiger partial charge in [-0.3, -0.25) is 4.68 Å². The van der Waals surface area contributed by atoms with Gasteiger partial charge in [-0.25, -0.2) is 0 Å². The fourth-order valence-corrected chi connectivity index (χ4v) is 2.46. The first-order valence-electron chi connectivity index (χ1n) is 6.77. The molecule has 110 valence electrons. The van der Waals surface area contributed by atoms with Crippen LogP contribution in [0.4, 0.5) is 5.69 Å². The van der Waals surface area contributed by atoms with Crippen molar-refractivity contribution in [3.8, 4) is 6.07 Å². The highest BCUT2D eigenvalue weighted by molar-refractivity contribution is 9.10. The van der Waals surface area contributed by atoms with E-state index < -0.39 is 6.04 Å². The number of anilines is 1. The summed E-state index contributed by atoms with van der Waals surface area (Å²) in [5.41, 5.74) is 2.68. The summed E-state index contributed by atoms with van der Waals surface area (Å²) in [5, 5.41) is 17.3. The van der Waals surface area contributed by atoms with Gasteiger partial charge in [0, 0.05) is 34.4 Å². The largest absolute Gasteiger partial charge is 0.366 e. The molecule has 0 aliphatic rings. The smallest absolute Gasteiger partial charge is 0.143 e. The molecule has 1 atom stereocenters. The second kappa shape index (κ2) is 5.90. The third-order valence-electron chi connectivity index (χ3n) is 3.16. The van der Waals surface area contributed by atoms with Gasteiger partial charge >= 0.3 is 0 Å². The van der Waals surface area contributed by atoms with Gasteiger partial charge < -0.3 is 5.32 Å². The van der Waals surface area contributed by atoms with Crippen LogP contribution >= 0.6 is 15.9 Å². The minimum Gasteiger partial charge on any atom is -0.366 e. The number of rotatable bonds is 3. The molecule has 0 amide bonds. The van der Waals surface area contributed by atoms with Crippen molar-refractivity contribution < 1.29 is 0 Å². The van der Waals surface area contributed by atoms with Crippen LogP contribution in [0.3, 0.4) is 0 Å². The molecule has 0 aliphatic heterocycles. The third kappa shape index (κ3) is 3.64. The molecule has 0 fully saturated rings. The predicted octanol–water partition coefficient (Wildman–Crippen LogP) is 4.16. The molecule has 0 saturated carbocycles. The summed E-state index contributed by atoms with van der Waals surface area (Å²) in [5.74, 6) is 0. The number of nitrogens with one attached hydrogen (secondary N) is 1. The van der Waals surface area contributed by atoms with E-state index in [1.165, 1.54) is 0 Å². The van der Waals surface area contributed by atoms with Crippen LogP contribution in [0.15, 0.2) is 34.9 Å². The molecule has 21 heavy (non-hydrogen) atoms. The fraction of sp³-hybridized carbons (Fsp3) is 0.375. The summed E-state index contributed by atoms with van der Waals surface area (Å²) in [6, 6.07) is 9.70. The fourth-order valence-electron chi connectivity index (χ4n) is 2.19. The maximum absolute atomic E-state index is 9.54. The van der Waals surface area contributed by atoms with Crippen molar-refractivity contribution in [2.45, 2.75) is 32.2 Å². The Hall–Kier alpha value is -1.80. The van der Waals surface area contributed by atoms with Crippen LogP contribution in [-0.4, -0.2) is 9.78 Å². The Balaban J connectivity index is 2.34. The molecule has 1 N–H and O–H groups in total. The predicted molar refractivity (Wildman–Crippen MR) is 88.0 cm³/mol. The van der Waals surface area contributed by atoms with Crippen molar-refractivity contribution in [1.29, 1.82) is 5.26 Å². The molecule has 2 aromatic rings. The Labute approximate surface area is 133 Å². The van der Waals surface area contributed by atoms with E-state index in [0.29, 0.717) is 0 Å². The minimum atomic E-state index is -0.422. The molecule has 4 nitrogen and oxygen atoms in total. The van der Waals surface area contributed by atoms with E-state index in [4.69, 9.17) is 0 Å².